The molecule has 8 heteroatoms. The van der Waals surface area contributed by atoms with Gasteiger partial charge in [0.25, 0.3) is 0 Å². The van der Waals surface area contributed by atoms with Crippen molar-refractivity contribution in [3.63, 3.8) is 0 Å². The molecule has 0 aromatic carbocycles. The van der Waals surface area contributed by atoms with E-state index >= 15 is 0 Å². The first kappa shape index (κ1) is 19.7. The van der Waals surface area contributed by atoms with Crippen LogP contribution in [0.2, 0.25) is 0 Å². The molecule has 0 bridgehead atoms. The van der Waals surface area contributed by atoms with Gasteiger partial charge >= 0.3 is 6.03 Å². The van der Waals surface area contributed by atoms with Crippen molar-refractivity contribution >= 4 is 11.9 Å². The fourth-order valence-electron chi connectivity index (χ4n) is 3.13. The monoisotopic (exact) mass is 355 g/mol. The van der Waals surface area contributed by atoms with E-state index in [1.54, 1.807) is 19.3 Å². The molecule has 0 radical (unpaired) electrons. The summed E-state index contributed by atoms with van der Waals surface area (Å²) in [5.41, 5.74) is 0. The third-order valence-electron chi connectivity index (χ3n) is 4.47. The zero-order valence-corrected chi connectivity index (χ0v) is 14.7. The van der Waals surface area contributed by atoms with Crippen LogP contribution in [0.3, 0.4) is 0 Å². The van der Waals surface area contributed by atoms with E-state index in [1.165, 1.54) is 0 Å². The van der Waals surface area contributed by atoms with Gasteiger partial charge in [-0.25, -0.2) is 4.79 Å². The molecule has 3 amide bonds. The number of hydrogen-bond donors (Lipinski definition) is 4. The van der Waals surface area contributed by atoms with Crippen molar-refractivity contribution in [2.75, 3.05) is 26.9 Å². The molecule has 3 atom stereocenters. The number of hydrogen-bond acceptors (Lipinski definition) is 5. The van der Waals surface area contributed by atoms with Crippen molar-refractivity contribution in [3.05, 3.63) is 12.2 Å². The molecule has 25 heavy (non-hydrogen) atoms. The molecule has 0 saturated heterocycles. The second-order valence-electron chi connectivity index (χ2n) is 6.45. The van der Waals surface area contributed by atoms with E-state index in [0.717, 1.165) is 25.7 Å². The molecule has 2 rings (SSSR count). The Kier molecular flexibility index (Phi) is 8.17. The summed E-state index contributed by atoms with van der Waals surface area (Å²) in [5.74, 6) is -0.145. The summed E-state index contributed by atoms with van der Waals surface area (Å²) in [5, 5.41) is 18.0. The zero-order chi connectivity index (χ0) is 18.1. The first-order valence-electron chi connectivity index (χ1n) is 8.89. The van der Waals surface area contributed by atoms with Crippen LogP contribution in [0, 0.1) is 0 Å². The molecular weight excluding hydrogens is 326 g/mol. The van der Waals surface area contributed by atoms with Gasteiger partial charge in [-0.2, -0.15) is 0 Å². The minimum atomic E-state index is -0.573. The van der Waals surface area contributed by atoms with Gasteiger partial charge in [-0.05, 0) is 12.8 Å². The molecule has 4 N–H and O–H groups in total. The topological polar surface area (TPSA) is 109 Å². The Morgan fingerprint density at radius 3 is 2.68 bits per heavy atom. The summed E-state index contributed by atoms with van der Waals surface area (Å²) < 4.78 is 10.6. The highest BCUT2D eigenvalue weighted by Crippen LogP contribution is 2.18. The predicted octanol–water partition coefficient (Wildman–Crippen LogP) is 0.0654. The number of urea groups is 1. The molecule has 142 valence electrons. The van der Waals surface area contributed by atoms with E-state index < -0.39 is 18.2 Å². The number of carbonyl (C=O) groups excluding carboxylic acids is 2. The summed E-state index contributed by atoms with van der Waals surface area (Å²) in [7, 11) is 1.57. The van der Waals surface area contributed by atoms with E-state index in [1.807, 2.05) is 0 Å². The number of methoxy groups -OCH3 is 1. The molecule has 1 aliphatic carbocycles. The van der Waals surface area contributed by atoms with E-state index in [9.17, 15) is 14.7 Å². The van der Waals surface area contributed by atoms with Crippen LogP contribution in [0.5, 0.6) is 0 Å². The summed E-state index contributed by atoms with van der Waals surface area (Å²) in [6.45, 7) is 0.662. The zero-order valence-electron chi connectivity index (χ0n) is 14.7. The molecule has 0 unspecified atom stereocenters. The lowest BCUT2D eigenvalue weighted by molar-refractivity contribution is -0.125. The number of amides is 3. The quantitative estimate of drug-likeness (QED) is 0.364. The highest BCUT2D eigenvalue weighted by atomic mass is 16.5. The van der Waals surface area contributed by atoms with Crippen LogP contribution >= 0.6 is 0 Å². The van der Waals surface area contributed by atoms with Gasteiger partial charge in [-0.1, -0.05) is 25.0 Å². The number of carbonyl (C=O) groups is 2. The van der Waals surface area contributed by atoms with Gasteiger partial charge in [0.2, 0.25) is 5.91 Å². The van der Waals surface area contributed by atoms with Crippen LogP contribution in [-0.4, -0.2) is 68.2 Å². The van der Waals surface area contributed by atoms with Gasteiger partial charge < -0.3 is 30.5 Å². The maximum Gasteiger partial charge on any atom is 0.315 e. The van der Waals surface area contributed by atoms with Gasteiger partial charge in [-0.3, -0.25) is 4.79 Å². The van der Waals surface area contributed by atoms with Gasteiger partial charge in [0.1, 0.15) is 6.10 Å². The van der Waals surface area contributed by atoms with Crippen LogP contribution in [0.4, 0.5) is 4.79 Å². The van der Waals surface area contributed by atoms with Crippen LogP contribution in [-0.2, 0) is 14.3 Å². The normalized spacial score (nSPS) is 26.4. The molecule has 0 aromatic heterocycles. The minimum Gasteiger partial charge on any atom is -0.394 e. The summed E-state index contributed by atoms with van der Waals surface area (Å²) in [6, 6.07) is -0.442. The lowest BCUT2D eigenvalue weighted by Crippen LogP contribution is -2.53. The van der Waals surface area contributed by atoms with E-state index in [2.05, 4.69) is 16.0 Å². The van der Waals surface area contributed by atoms with E-state index in [0.29, 0.717) is 13.2 Å². The minimum absolute atomic E-state index is 0.145. The van der Waals surface area contributed by atoms with Gasteiger partial charge in [0.05, 0.1) is 31.8 Å². The van der Waals surface area contributed by atoms with Crippen molar-refractivity contribution in [3.8, 4) is 0 Å². The van der Waals surface area contributed by atoms with Gasteiger partial charge in [0.15, 0.2) is 0 Å². The van der Waals surface area contributed by atoms with Crippen molar-refractivity contribution in [1.29, 1.82) is 0 Å². The molecular formula is C17H29N3O5. The molecule has 8 nitrogen and oxygen atoms in total. The number of aliphatic hydroxyl groups excluding tert-OH is 1. The maximum absolute atomic E-state index is 12.1. The third kappa shape index (κ3) is 6.64. The van der Waals surface area contributed by atoms with Crippen LogP contribution in [0.1, 0.15) is 32.1 Å². The Bertz CT molecular complexity index is 465. The largest absolute Gasteiger partial charge is 0.394 e. The molecule has 1 fully saturated rings. The Morgan fingerprint density at radius 2 is 2.00 bits per heavy atom. The van der Waals surface area contributed by atoms with Crippen molar-refractivity contribution in [2.24, 2.45) is 0 Å². The van der Waals surface area contributed by atoms with Crippen molar-refractivity contribution in [2.45, 2.75) is 56.4 Å². The van der Waals surface area contributed by atoms with E-state index in [4.69, 9.17) is 9.47 Å². The number of rotatable bonds is 8. The Labute approximate surface area is 148 Å². The van der Waals surface area contributed by atoms with Crippen molar-refractivity contribution < 1.29 is 24.2 Å². The summed E-state index contributed by atoms with van der Waals surface area (Å²) in [4.78, 5) is 23.9. The van der Waals surface area contributed by atoms with Gasteiger partial charge in [-0.15, -0.1) is 0 Å². The van der Waals surface area contributed by atoms with Crippen LogP contribution in [0.25, 0.3) is 0 Å². The smallest absolute Gasteiger partial charge is 0.315 e. The Hall–Kier alpha value is -1.64. The van der Waals surface area contributed by atoms with Crippen LogP contribution < -0.4 is 16.0 Å². The third-order valence-corrected chi connectivity index (χ3v) is 4.47. The first-order valence-corrected chi connectivity index (χ1v) is 8.89. The molecule has 2 aliphatic rings. The average molecular weight is 355 g/mol. The van der Waals surface area contributed by atoms with Crippen molar-refractivity contribution in [1.82, 2.24) is 16.0 Å². The molecule has 1 heterocycles. The Morgan fingerprint density at radius 1 is 1.24 bits per heavy atom. The number of ether oxygens (including phenoxy) is 2. The van der Waals surface area contributed by atoms with Crippen LogP contribution in [0.15, 0.2) is 12.2 Å². The predicted molar refractivity (Wildman–Crippen MR) is 92.1 cm³/mol. The molecule has 0 aromatic rings. The lowest BCUT2D eigenvalue weighted by atomic mass is 10.0. The SMILES string of the molecule is COCCNC(=O)C[C@H]1C=C[C@H](NC(=O)NC2CCCC2)[C@H](CO)O1. The molecule has 0 spiro atoms. The molecule has 1 saturated carbocycles. The summed E-state index contributed by atoms with van der Waals surface area (Å²) >= 11 is 0. The fraction of sp³-hybridized carbons (Fsp3) is 0.765. The highest BCUT2D eigenvalue weighted by Gasteiger charge is 2.29. The van der Waals surface area contributed by atoms with Gasteiger partial charge in [0, 0.05) is 19.7 Å². The standard InChI is InChI=1S/C17H29N3O5/c1-24-9-8-18-16(22)10-13-6-7-14(15(11-21)25-13)20-17(23)19-12-4-2-3-5-12/h6-7,12-15,21H,2-5,8-11H2,1H3,(H,18,22)(H2,19,20,23)/t13-,14+,15+/m1/s1. The second kappa shape index (κ2) is 10.4. The maximum atomic E-state index is 12.1. The number of aliphatic hydroxyl groups is 1. The summed E-state index contributed by atoms with van der Waals surface area (Å²) in [6.07, 6.45) is 7.01. The molecule has 1 aliphatic heterocycles. The average Bonchev–Trinajstić information content (AvgIpc) is 3.09. The second-order valence-corrected chi connectivity index (χ2v) is 6.45. The first-order chi connectivity index (χ1) is 12.1. The van der Waals surface area contributed by atoms with E-state index in [-0.39, 0.29) is 31.0 Å². The number of nitrogens with one attached hydrogen (secondary N) is 3. The fourth-order valence-corrected chi connectivity index (χ4v) is 3.13. The Balaban J connectivity index is 1.78. The lowest BCUT2D eigenvalue weighted by Gasteiger charge is -2.32. The highest BCUT2D eigenvalue weighted by molar-refractivity contribution is 5.77.